The molecule has 2 N–H and O–H groups in total. The predicted molar refractivity (Wildman–Crippen MR) is 113 cm³/mol. The molecule has 0 aromatic heterocycles. The van der Waals surface area contributed by atoms with Crippen LogP contribution in [-0.2, 0) is 10.5 Å². The second-order valence-corrected chi connectivity index (χ2v) is 7.92. The molecular formula is C22H16BrN3O2. The maximum absolute atomic E-state index is 13.6. The molecule has 1 atom stereocenters. The number of amides is 2. The Balaban J connectivity index is 1.82. The quantitative estimate of drug-likeness (QED) is 0.587. The van der Waals surface area contributed by atoms with Crippen molar-refractivity contribution in [1.29, 1.82) is 0 Å². The van der Waals surface area contributed by atoms with Crippen LogP contribution < -0.4 is 15.5 Å². The number of nitrogens with zero attached hydrogens (tertiary/aromatic N) is 1. The summed E-state index contributed by atoms with van der Waals surface area (Å²) in [4.78, 5) is 28.5. The molecule has 0 unspecified atom stereocenters. The summed E-state index contributed by atoms with van der Waals surface area (Å²) in [7, 11) is 0. The fourth-order valence-electron chi connectivity index (χ4n) is 3.91. The van der Waals surface area contributed by atoms with E-state index in [-0.39, 0.29) is 11.8 Å². The standard InChI is InChI=1S/C22H16BrN3O2/c1-13-6-9-15(10-7-13)26-20(27)16-4-2-3-5-18(16)25-22(26)17-12-14(23)8-11-19(17)24-21(22)28/h2-12,25H,1H3,(H,24,28)/t22-/m1/s1. The van der Waals surface area contributed by atoms with Crippen molar-refractivity contribution >= 4 is 44.8 Å². The number of anilines is 3. The van der Waals surface area contributed by atoms with Gasteiger partial charge in [-0.15, -0.1) is 0 Å². The van der Waals surface area contributed by atoms with Gasteiger partial charge in [-0.2, -0.15) is 0 Å². The van der Waals surface area contributed by atoms with Crippen molar-refractivity contribution < 1.29 is 9.59 Å². The SMILES string of the molecule is Cc1ccc(N2C(=O)c3ccccc3N[C@@]23C(=O)Nc2ccc(Br)cc23)cc1. The van der Waals surface area contributed by atoms with E-state index in [0.717, 1.165) is 10.0 Å². The summed E-state index contributed by atoms with van der Waals surface area (Å²) in [6.07, 6.45) is 0. The van der Waals surface area contributed by atoms with Crippen LogP contribution in [0.1, 0.15) is 21.5 Å². The van der Waals surface area contributed by atoms with Gasteiger partial charge in [0, 0.05) is 27.1 Å². The zero-order valence-electron chi connectivity index (χ0n) is 15.0. The Bertz CT molecular complexity index is 1140. The summed E-state index contributed by atoms with van der Waals surface area (Å²) in [6.45, 7) is 1.99. The summed E-state index contributed by atoms with van der Waals surface area (Å²) in [5, 5.41) is 6.30. The maximum Gasteiger partial charge on any atom is 0.276 e. The van der Waals surface area contributed by atoms with Crippen molar-refractivity contribution in [3.05, 3.63) is 87.9 Å². The van der Waals surface area contributed by atoms with Crippen molar-refractivity contribution in [1.82, 2.24) is 0 Å². The molecule has 0 aliphatic carbocycles. The van der Waals surface area contributed by atoms with Crippen molar-refractivity contribution in [3.8, 4) is 0 Å². The van der Waals surface area contributed by atoms with Crippen molar-refractivity contribution in [2.45, 2.75) is 12.6 Å². The summed E-state index contributed by atoms with van der Waals surface area (Å²) in [6, 6.07) is 20.5. The Hall–Kier alpha value is -3.12. The van der Waals surface area contributed by atoms with Crippen LogP contribution in [0.3, 0.4) is 0 Å². The molecule has 2 heterocycles. The molecule has 138 valence electrons. The lowest BCUT2D eigenvalue weighted by molar-refractivity contribution is -0.119. The first kappa shape index (κ1) is 17.0. The third-order valence-electron chi connectivity index (χ3n) is 5.25. The van der Waals surface area contributed by atoms with Crippen LogP contribution in [0.15, 0.2) is 71.2 Å². The van der Waals surface area contributed by atoms with Crippen LogP contribution in [0, 0.1) is 6.92 Å². The molecule has 0 saturated heterocycles. The Morgan fingerprint density at radius 2 is 1.68 bits per heavy atom. The van der Waals surface area contributed by atoms with Gasteiger partial charge in [0.1, 0.15) is 0 Å². The van der Waals surface area contributed by atoms with E-state index in [1.807, 2.05) is 67.6 Å². The summed E-state index contributed by atoms with van der Waals surface area (Å²) in [5.41, 5.74) is 2.93. The van der Waals surface area contributed by atoms with Gasteiger partial charge >= 0.3 is 0 Å². The topological polar surface area (TPSA) is 61.4 Å². The Morgan fingerprint density at radius 1 is 0.929 bits per heavy atom. The predicted octanol–water partition coefficient (Wildman–Crippen LogP) is 4.63. The van der Waals surface area contributed by atoms with E-state index in [4.69, 9.17) is 0 Å². The highest BCUT2D eigenvalue weighted by molar-refractivity contribution is 9.10. The Morgan fingerprint density at radius 3 is 2.46 bits per heavy atom. The second-order valence-electron chi connectivity index (χ2n) is 7.00. The number of fused-ring (bicyclic) bond motifs is 3. The largest absolute Gasteiger partial charge is 0.350 e. The Labute approximate surface area is 170 Å². The number of hydrogen-bond acceptors (Lipinski definition) is 3. The first-order valence-electron chi connectivity index (χ1n) is 8.90. The minimum atomic E-state index is -1.36. The van der Waals surface area contributed by atoms with Gasteiger partial charge in [0.2, 0.25) is 5.66 Å². The summed E-state index contributed by atoms with van der Waals surface area (Å²) >= 11 is 3.50. The van der Waals surface area contributed by atoms with Gasteiger partial charge in [0.25, 0.3) is 11.8 Å². The minimum absolute atomic E-state index is 0.221. The maximum atomic E-state index is 13.6. The van der Waals surface area contributed by atoms with Gasteiger partial charge in [-0.3, -0.25) is 14.5 Å². The number of nitrogens with one attached hydrogen (secondary N) is 2. The van der Waals surface area contributed by atoms with Crippen LogP contribution in [0.25, 0.3) is 0 Å². The van der Waals surface area contributed by atoms with Crippen LogP contribution in [0.2, 0.25) is 0 Å². The first-order chi connectivity index (χ1) is 13.5. The number of halogens is 1. The molecular weight excluding hydrogens is 418 g/mol. The summed E-state index contributed by atoms with van der Waals surface area (Å²) < 4.78 is 0.832. The highest BCUT2D eigenvalue weighted by atomic mass is 79.9. The lowest BCUT2D eigenvalue weighted by Crippen LogP contribution is -2.61. The highest BCUT2D eigenvalue weighted by Gasteiger charge is 2.57. The van der Waals surface area contributed by atoms with Crippen LogP contribution in [0.4, 0.5) is 17.1 Å². The molecule has 2 aliphatic heterocycles. The van der Waals surface area contributed by atoms with E-state index in [2.05, 4.69) is 26.6 Å². The second kappa shape index (κ2) is 5.94. The normalized spacial score (nSPS) is 19.9. The van der Waals surface area contributed by atoms with Crippen molar-refractivity contribution in [2.75, 3.05) is 15.5 Å². The van der Waals surface area contributed by atoms with Gasteiger partial charge in [0.05, 0.1) is 5.56 Å². The van der Waals surface area contributed by atoms with E-state index >= 15 is 0 Å². The Kier molecular flexibility index (Phi) is 3.61. The molecule has 0 radical (unpaired) electrons. The molecule has 0 fully saturated rings. The van der Waals surface area contributed by atoms with E-state index < -0.39 is 5.66 Å². The lowest BCUT2D eigenvalue weighted by Gasteiger charge is -2.44. The minimum Gasteiger partial charge on any atom is -0.350 e. The number of carbonyl (C=O) groups excluding carboxylic acids is 2. The number of hydrogen-bond donors (Lipinski definition) is 2. The van der Waals surface area contributed by atoms with Gasteiger partial charge in [-0.25, -0.2) is 0 Å². The smallest absolute Gasteiger partial charge is 0.276 e. The van der Waals surface area contributed by atoms with Crippen molar-refractivity contribution in [3.63, 3.8) is 0 Å². The van der Waals surface area contributed by atoms with Gasteiger partial charge in [-0.05, 0) is 49.4 Å². The molecule has 6 heteroatoms. The zero-order chi connectivity index (χ0) is 19.5. The lowest BCUT2D eigenvalue weighted by atomic mass is 9.92. The van der Waals surface area contributed by atoms with Gasteiger partial charge in [-0.1, -0.05) is 45.8 Å². The first-order valence-corrected chi connectivity index (χ1v) is 9.70. The molecule has 28 heavy (non-hydrogen) atoms. The molecule has 3 aromatic carbocycles. The zero-order valence-corrected chi connectivity index (χ0v) is 16.6. The molecule has 3 aromatic rings. The third-order valence-corrected chi connectivity index (χ3v) is 5.75. The summed E-state index contributed by atoms with van der Waals surface area (Å²) in [5.74, 6) is -0.509. The molecule has 0 bridgehead atoms. The molecule has 2 aliphatic rings. The molecule has 5 rings (SSSR count). The van der Waals surface area contributed by atoms with E-state index in [9.17, 15) is 9.59 Å². The highest BCUT2D eigenvalue weighted by Crippen LogP contribution is 2.47. The molecule has 0 saturated carbocycles. The van der Waals surface area contributed by atoms with Crippen LogP contribution >= 0.6 is 15.9 Å². The monoisotopic (exact) mass is 433 g/mol. The fourth-order valence-corrected chi connectivity index (χ4v) is 4.27. The van der Waals surface area contributed by atoms with E-state index in [1.165, 1.54) is 0 Å². The molecule has 5 nitrogen and oxygen atoms in total. The molecule has 2 amide bonds. The van der Waals surface area contributed by atoms with Gasteiger partial charge < -0.3 is 10.6 Å². The fraction of sp³-hybridized carbons (Fsp3) is 0.0909. The van der Waals surface area contributed by atoms with Crippen molar-refractivity contribution in [2.24, 2.45) is 0 Å². The number of carbonyl (C=O) groups is 2. The van der Waals surface area contributed by atoms with E-state index in [0.29, 0.717) is 28.2 Å². The van der Waals surface area contributed by atoms with E-state index in [1.54, 1.807) is 11.0 Å². The average molecular weight is 434 g/mol. The third kappa shape index (κ3) is 2.24. The van der Waals surface area contributed by atoms with Crippen LogP contribution in [-0.4, -0.2) is 11.8 Å². The number of benzene rings is 3. The number of aryl methyl sites for hydroxylation is 1. The number of rotatable bonds is 1. The molecule has 1 spiro atoms. The van der Waals surface area contributed by atoms with Crippen LogP contribution in [0.5, 0.6) is 0 Å². The van der Waals surface area contributed by atoms with Gasteiger partial charge in [0.15, 0.2) is 0 Å². The number of para-hydroxylation sites is 1. The average Bonchev–Trinajstić information content (AvgIpc) is 2.95.